The van der Waals surface area contributed by atoms with Crippen LogP contribution in [0.4, 0.5) is 5.69 Å². The van der Waals surface area contributed by atoms with E-state index in [-0.39, 0.29) is 11.8 Å². The molecule has 2 aromatic heterocycles. The smallest absolute Gasteiger partial charge is 0.253 e. The minimum atomic E-state index is 0.0975. The molecule has 1 aliphatic heterocycles. The van der Waals surface area contributed by atoms with Crippen LogP contribution in [0.2, 0.25) is 0 Å². The van der Waals surface area contributed by atoms with Crippen LogP contribution in [0.5, 0.6) is 0 Å². The van der Waals surface area contributed by atoms with Crippen LogP contribution in [-0.2, 0) is 0 Å². The summed E-state index contributed by atoms with van der Waals surface area (Å²) in [5.74, 6) is 0.360. The third-order valence-corrected chi connectivity index (χ3v) is 5.09. The van der Waals surface area contributed by atoms with Crippen LogP contribution >= 0.6 is 0 Å². The number of carbonyl (C=O) groups excluding carboxylic acids is 1. The first kappa shape index (κ1) is 16.6. The zero-order valence-corrected chi connectivity index (χ0v) is 15.1. The molecule has 26 heavy (non-hydrogen) atoms. The minimum Gasteiger partial charge on any atom is -0.378 e. The summed E-state index contributed by atoms with van der Waals surface area (Å²) in [6, 6.07) is 11.8. The second-order valence-electron chi connectivity index (χ2n) is 7.05. The molecule has 1 atom stereocenters. The van der Waals surface area contributed by atoms with Crippen molar-refractivity contribution in [1.82, 2.24) is 20.1 Å². The van der Waals surface area contributed by atoms with Gasteiger partial charge in [-0.05, 0) is 43.2 Å². The first-order valence-corrected chi connectivity index (χ1v) is 8.99. The van der Waals surface area contributed by atoms with Gasteiger partial charge in [0.1, 0.15) is 0 Å². The van der Waals surface area contributed by atoms with Crippen molar-refractivity contribution in [2.75, 3.05) is 32.1 Å². The van der Waals surface area contributed by atoms with E-state index in [2.05, 4.69) is 15.2 Å². The van der Waals surface area contributed by atoms with Crippen molar-refractivity contribution in [3.05, 3.63) is 53.9 Å². The summed E-state index contributed by atoms with van der Waals surface area (Å²) in [5.41, 5.74) is 3.61. The Labute approximate surface area is 152 Å². The van der Waals surface area contributed by atoms with Gasteiger partial charge in [-0.15, -0.1) is 0 Å². The molecule has 0 saturated carbocycles. The van der Waals surface area contributed by atoms with Gasteiger partial charge in [0, 0.05) is 61.6 Å². The first-order valence-electron chi connectivity index (χ1n) is 8.99. The minimum absolute atomic E-state index is 0.0975. The van der Waals surface area contributed by atoms with Crippen LogP contribution in [0.3, 0.4) is 0 Å². The highest BCUT2D eigenvalue weighted by molar-refractivity contribution is 5.95. The lowest BCUT2D eigenvalue weighted by molar-refractivity contribution is 0.0706. The van der Waals surface area contributed by atoms with Crippen molar-refractivity contribution in [1.29, 1.82) is 0 Å². The fraction of sp³-hybridized carbons (Fsp3) is 0.350. The number of likely N-dealkylation sites (tertiary alicyclic amines) is 1. The molecule has 3 heterocycles. The molecule has 1 fully saturated rings. The molecule has 1 N–H and O–H groups in total. The number of aromatic nitrogens is 3. The molecule has 3 aromatic rings. The average molecular weight is 349 g/mol. The summed E-state index contributed by atoms with van der Waals surface area (Å²) < 4.78 is 0. The van der Waals surface area contributed by atoms with Crippen molar-refractivity contribution in [2.24, 2.45) is 0 Å². The number of anilines is 1. The number of nitrogens with zero attached hydrogens (tertiary/aromatic N) is 4. The van der Waals surface area contributed by atoms with Gasteiger partial charge in [0.05, 0.1) is 0 Å². The van der Waals surface area contributed by atoms with Crippen molar-refractivity contribution in [3.8, 4) is 0 Å². The van der Waals surface area contributed by atoms with E-state index in [1.807, 2.05) is 60.3 Å². The van der Waals surface area contributed by atoms with Crippen LogP contribution in [0.15, 0.2) is 42.6 Å². The monoisotopic (exact) mass is 349 g/mol. The molecule has 6 heteroatoms. The van der Waals surface area contributed by atoms with Crippen LogP contribution in [-0.4, -0.2) is 53.2 Å². The Morgan fingerprint density at radius 3 is 3.00 bits per heavy atom. The lowest BCUT2D eigenvalue weighted by Gasteiger charge is -2.32. The number of nitrogens with one attached hydrogen (secondary N) is 1. The van der Waals surface area contributed by atoms with Gasteiger partial charge in [0.2, 0.25) is 0 Å². The van der Waals surface area contributed by atoms with Crippen LogP contribution in [0, 0.1) is 0 Å². The van der Waals surface area contributed by atoms with E-state index in [0.29, 0.717) is 6.54 Å². The standard InChI is InChI=1S/C20H23N5O/c1-24(2)16-8-3-6-14(12-16)20(26)25-11-5-7-15(13-25)18-17-9-4-10-21-19(17)23-22-18/h3-4,6,8-10,12,15H,5,7,11,13H2,1-2H3,(H,21,22,23). The number of benzene rings is 1. The molecule has 1 aliphatic rings. The molecule has 1 amide bonds. The Morgan fingerprint density at radius 2 is 2.15 bits per heavy atom. The van der Waals surface area contributed by atoms with Crippen LogP contribution in [0.1, 0.15) is 34.8 Å². The van der Waals surface area contributed by atoms with Gasteiger partial charge in [-0.1, -0.05) is 6.07 Å². The highest BCUT2D eigenvalue weighted by Crippen LogP contribution is 2.30. The second-order valence-corrected chi connectivity index (χ2v) is 7.05. The number of aromatic amines is 1. The van der Waals surface area contributed by atoms with Gasteiger partial charge in [0.25, 0.3) is 5.91 Å². The summed E-state index contributed by atoms with van der Waals surface area (Å²) in [5, 5.41) is 8.51. The maximum Gasteiger partial charge on any atom is 0.253 e. The zero-order chi connectivity index (χ0) is 18.1. The Kier molecular flexibility index (Phi) is 4.32. The van der Waals surface area contributed by atoms with Crippen LogP contribution in [0.25, 0.3) is 11.0 Å². The number of hydrogen-bond donors (Lipinski definition) is 1. The van der Waals surface area contributed by atoms with E-state index in [4.69, 9.17) is 0 Å². The number of amides is 1. The number of pyridine rings is 1. The average Bonchev–Trinajstić information content (AvgIpc) is 3.12. The predicted octanol–water partition coefficient (Wildman–Crippen LogP) is 3.04. The van der Waals surface area contributed by atoms with Gasteiger partial charge in [-0.25, -0.2) is 4.98 Å². The fourth-order valence-electron chi connectivity index (χ4n) is 3.68. The van der Waals surface area contributed by atoms with Gasteiger partial charge >= 0.3 is 0 Å². The SMILES string of the molecule is CN(C)c1cccc(C(=O)N2CCCC(c3[nH]nc4ncccc34)C2)c1. The van der Waals surface area contributed by atoms with Crippen LogP contribution < -0.4 is 4.90 Å². The number of hydrogen-bond acceptors (Lipinski definition) is 4. The van der Waals surface area contributed by atoms with E-state index in [1.54, 1.807) is 6.20 Å². The van der Waals surface area contributed by atoms with Gasteiger partial charge in [-0.3, -0.25) is 9.89 Å². The van der Waals surface area contributed by atoms with Crippen molar-refractivity contribution in [3.63, 3.8) is 0 Å². The topological polar surface area (TPSA) is 65.1 Å². The highest BCUT2D eigenvalue weighted by Gasteiger charge is 2.28. The highest BCUT2D eigenvalue weighted by atomic mass is 16.2. The van der Waals surface area contributed by atoms with E-state index in [0.717, 1.165) is 47.4 Å². The summed E-state index contributed by atoms with van der Waals surface area (Å²) in [6.07, 6.45) is 3.79. The van der Waals surface area contributed by atoms with E-state index < -0.39 is 0 Å². The summed E-state index contributed by atoms with van der Waals surface area (Å²) in [7, 11) is 3.97. The Hall–Kier alpha value is -2.89. The molecule has 6 nitrogen and oxygen atoms in total. The molecule has 1 unspecified atom stereocenters. The molecular weight excluding hydrogens is 326 g/mol. The molecule has 1 aromatic carbocycles. The number of carbonyl (C=O) groups is 1. The maximum absolute atomic E-state index is 13.0. The molecule has 0 bridgehead atoms. The lowest BCUT2D eigenvalue weighted by Crippen LogP contribution is -2.39. The van der Waals surface area contributed by atoms with E-state index in [9.17, 15) is 4.79 Å². The number of rotatable bonds is 3. The zero-order valence-electron chi connectivity index (χ0n) is 15.1. The Balaban J connectivity index is 1.57. The molecule has 0 aliphatic carbocycles. The first-order chi connectivity index (χ1) is 12.6. The molecule has 0 spiro atoms. The maximum atomic E-state index is 13.0. The lowest BCUT2D eigenvalue weighted by atomic mass is 9.92. The second kappa shape index (κ2) is 6.78. The van der Waals surface area contributed by atoms with Gasteiger partial charge < -0.3 is 9.80 Å². The Morgan fingerprint density at radius 1 is 1.27 bits per heavy atom. The largest absolute Gasteiger partial charge is 0.378 e. The summed E-state index contributed by atoms with van der Waals surface area (Å²) in [4.78, 5) is 21.3. The Bertz CT molecular complexity index is 933. The molecule has 4 rings (SSSR count). The number of fused-ring (bicyclic) bond motifs is 1. The van der Waals surface area contributed by atoms with Gasteiger partial charge in [-0.2, -0.15) is 5.10 Å². The van der Waals surface area contributed by atoms with E-state index >= 15 is 0 Å². The van der Waals surface area contributed by atoms with Crippen molar-refractivity contribution in [2.45, 2.75) is 18.8 Å². The number of H-pyrrole nitrogens is 1. The van der Waals surface area contributed by atoms with Gasteiger partial charge in [0.15, 0.2) is 5.65 Å². The summed E-state index contributed by atoms with van der Waals surface area (Å²) in [6.45, 7) is 1.50. The third-order valence-electron chi connectivity index (χ3n) is 5.09. The molecule has 1 saturated heterocycles. The van der Waals surface area contributed by atoms with Crippen molar-refractivity contribution >= 4 is 22.6 Å². The quantitative estimate of drug-likeness (QED) is 0.789. The molecular formula is C20H23N5O. The number of piperidine rings is 1. The normalized spacial score (nSPS) is 17.5. The molecule has 0 radical (unpaired) electrons. The predicted molar refractivity (Wildman–Crippen MR) is 103 cm³/mol. The van der Waals surface area contributed by atoms with Crippen molar-refractivity contribution < 1.29 is 4.79 Å². The fourth-order valence-corrected chi connectivity index (χ4v) is 3.68. The summed E-state index contributed by atoms with van der Waals surface area (Å²) >= 11 is 0. The van der Waals surface area contributed by atoms with E-state index in [1.165, 1.54) is 0 Å². The third kappa shape index (κ3) is 3.03. The molecule has 134 valence electrons.